The number of halogens is 1. The molecule has 0 saturated heterocycles. The van der Waals surface area contributed by atoms with Crippen LogP contribution in [-0.4, -0.2) is 20.7 Å². The molecule has 2 heterocycles. The van der Waals surface area contributed by atoms with Crippen molar-refractivity contribution in [2.45, 2.75) is 39.8 Å². The van der Waals surface area contributed by atoms with E-state index in [4.69, 9.17) is 20.8 Å². The third kappa shape index (κ3) is 5.81. The summed E-state index contributed by atoms with van der Waals surface area (Å²) in [5, 5.41) is 7.59. The summed E-state index contributed by atoms with van der Waals surface area (Å²) in [6, 6.07) is 17.0. The van der Waals surface area contributed by atoms with Crippen LogP contribution in [0.15, 0.2) is 65.3 Å². The van der Waals surface area contributed by atoms with Crippen molar-refractivity contribution in [2.24, 2.45) is 0 Å². The number of benzene rings is 2. The summed E-state index contributed by atoms with van der Waals surface area (Å²) in [5.41, 5.74) is 3.23. The van der Waals surface area contributed by atoms with Crippen LogP contribution in [0.1, 0.15) is 52.8 Å². The van der Waals surface area contributed by atoms with Crippen molar-refractivity contribution in [3.05, 3.63) is 94.2 Å². The second-order valence-corrected chi connectivity index (χ2v) is 8.54. The van der Waals surface area contributed by atoms with Crippen molar-refractivity contribution in [1.29, 1.82) is 0 Å². The second-order valence-electron chi connectivity index (χ2n) is 8.10. The van der Waals surface area contributed by atoms with E-state index in [-0.39, 0.29) is 18.3 Å². The zero-order valence-corrected chi connectivity index (χ0v) is 19.5. The molecule has 7 nitrogen and oxygen atoms in total. The highest BCUT2D eigenvalue weighted by Gasteiger charge is 2.15. The number of furan rings is 1. The van der Waals surface area contributed by atoms with Gasteiger partial charge in [-0.15, -0.1) is 5.10 Å². The molecule has 0 unspecified atom stereocenters. The topological polar surface area (TPSA) is 82.2 Å². The fourth-order valence-corrected chi connectivity index (χ4v) is 3.60. The van der Waals surface area contributed by atoms with Gasteiger partial charge in [0.25, 0.3) is 5.91 Å². The van der Waals surface area contributed by atoms with Crippen LogP contribution in [0, 0.1) is 6.92 Å². The first-order chi connectivity index (χ1) is 15.9. The van der Waals surface area contributed by atoms with Gasteiger partial charge in [0.15, 0.2) is 5.76 Å². The fourth-order valence-electron chi connectivity index (χ4n) is 3.38. The molecule has 0 atom stereocenters. The Morgan fingerprint density at radius 1 is 1.18 bits per heavy atom. The minimum Gasteiger partial charge on any atom is -0.485 e. The summed E-state index contributed by atoms with van der Waals surface area (Å²) < 4.78 is 13.3. The Morgan fingerprint density at radius 2 is 2.03 bits per heavy atom. The SMILES string of the molecule is Cc1ccc(C(C)C)c(OCc2ccc(C(=O)Nc3ncn(Cc4cccc(Cl)c4)n3)o2)c1. The van der Waals surface area contributed by atoms with Gasteiger partial charge in [0.05, 0.1) is 6.54 Å². The van der Waals surface area contributed by atoms with Crippen LogP contribution in [0.5, 0.6) is 5.75 Å². The largest absolute Gasteiger partial charge is 0.485 e. The average Bonchev–Trinajstić information content (AvgIpc) is 3.42. The lowest BCUT2D eigenvalue weighted by atomic mass is 10.0. The van der Waals surface area contributed by atoms with Crippen LogP contribution in [0.3, 0.4) is 0 Å². The number of nitrogens with one attached hydrogen (secondary N) is 1. The molecule has 0 fully saturated rings. The molecule has 2 aromatic heterocycles. The van der Waals surface area contributed by atoms with Gasteiger partial charge >= 0.3 is 0 Å². The van der Waals surface area contributed by atoms with Crippen molar-refractivity contribution in [2.75, 3.05) is 5.32 Å². The standard InChI is InChI=1S/C25H25ClN4O3/c1-16(2)21-9-7-17(3)11-23(21)32-14-20-8-10-22(33-20)24(31)28-25-27-15-30(29-25)13-18-5-4-6-19(26)12-18/h4-12,15-16H,13-14H2,1-3H3,(H,28,29,31). The summed E-state index contributed by atoms with van der Waals surface area (Å²) in [7, 11) is 0. The molecule has 1 amide bonds. The van der Waals surface area contributed by atoms with E-state index in [1.807, 2.05) is 37.3 Å². The third-order valence-electron chi connectivity index (χ3n) is 5.04. The van der Waals surface area contributed by atoms with E-state index in [9.17, 15) is 4.79 Å². The number of nitrogens with zero attached hydrogens (tertiary/aromatic N) is 3. The summed E-state index contributed by atoms with van der Waals surface area (Å²) in [4.78, 5) is 16.7. The number of anilines is 1. The average molecular weight is 465 g/mol. The molecule has 170 valence electrons. The summed E-state index contributed by atoms with van der Waals surface area (Å²) in [6.07, 6.45) is 1.55. The summed E-state index contributed by atoms with van der Waals surface area (Å²) in [6.45, 7) is 6.98. The van der Waals surface area contributed by atoms with Crippen LogP contribution in [0.2, 0.25) is 5.02 Å². The summed E-state index contributed by atoms with van der Waals surface area (Å²) >= 11 is 6.02. The van der Waals surface area contributed by atoms with Gasteiger partial charge in [-0.05, 0) is 59.9 Å². The van der Waals surface area contributed by atoms with Gasteiger partial charge in [-0.25, -0.2) is 9.67 Å². The van der Waals surface area contributed by atoms with Gasteiger partial charge in [0.2, 0.25) is 5.95 Å². The molecule has 0 aliphatic carbocycles. The van der Waals surface area contributed by atoms with E-state index in [1.54, 1.807) is 23.1 Å². The normalized spacial score (nSPS) is 11.1. The fraction of sp³-hybridized carbons (Fsp3) is 0.240. The first-order valence-electron chi connectivity index (χ1n) is 10.6. The van der Waals surface area contributed by atoms with E-state index in [2.05, 4.69) is 41.4 Å². The Hall–Kier alpha value is -3.58. The Labute approximate surface area is 197 Å². The van der Waals surface area contributed by atoms with Gasteiger partial charge in [-0.1, -0.05) is 49.7 Å². The molecule has 0 aliphatic rings. The Bertz CT molecular complexity index is 1260. The van der Waals surface area contributed by atoms with Gasteiger partial charge < -0.3 is 9.15 Å². The molecule has 8 heteroatoms. The van der Waals surface area contributed by atoms with Crippen molar-refractivity contribution in [3.63, 3.8) is 0 Å². The van der Waals surface area contributed by atoms with Crippen LogP contribution < -0.4 is 10.1 Å². The highest BCUT2D eigenvalue weighted by atomic mass is 35.5. The maximum Gasteiger partial charge on any atom is 0.293 e. The maximum absolute atomic E-state index is 12.5. The van der Waals surface area contributed by atoms with E-state index in [1.165, 1.54) is 0 Å². The van der Waals surface area contributed by atoms with E-state index in [0.717, 1.165) is 22.4 Å². The number of rotatable bonds is 8. The minimum atomic E-state index is -0.430. The minimum absolute atomic E-state index is 0.160. The zero-order chi connectivity index (χ0) is 23.4. The first kappa shape index (κ1) is 22.6. The zero-order valence-electron chi connectivity index (χ0n) is 18.7. The molecule has 0 saturated carbocycles. The van der Waals surface area contributed by atoms with Gasteiger partial charge in [-0.3, -0.25) is 10.1 Å². The molecule has 0 radical (unpaired) electrons. The monoisotopic (exact) mass is 464 g/mol. The molecule has 1 N–H and O–H groups in total. The Balaban J connectivity index is 1.36. The predicted octanol–water partition coefficient (Wildman–Crippen LogP) is 5.84. The smallest absolute Gasteiger partial charge is 0.293 e. The van der Waals surface area contributed by atoms with Crippen LogP contribution >= 0.6 is 11.6 Å². The van der Waals surface area contributed by atoms with Crippen LogP contribution in [0.4, 0.5) is 5.95 Å². The molecule has 0 aliphatic heterocycles. The number of aryl methyl sites for hydroxylation is 1. The second kappa shape index (κ2) is 9.92. The van der Waals surface area contributed by atoms with Gasteiger partial charge in [-0.2, -0.15) is 0 Å². The molecule has 4 rings (SSSR count). The Kier molecular flexibility index (Phi) is 6.79. The van der Waals surface area contributed by atoms with Crippen molar-refractivity contribution in [3.8, 4) is 5.75 Å². The van der Waals surface area contributed by atoms with Crippen molar-refractivity contribution in [1.82, 2.24) is 14.8 Å². The molecular formula is C25H25ClN4O3. The number of ether oxygens (including phenoxy) is 1. The number of hydrogen-bond acceptors (Lipinski definition) is 5. The number of hydrogen-bond donors (Lipinski definition) is 1. The lowest BCUT2D eigenvalue weighted by molar-refractivity contribution is 0.0991. The quantitative estimate of drug-likeness (QED) is 0.354. The number of amides is 1. The van der Waals surface area contributed by atoms with Crippen LogP contribution in [-0.2, 0) is 13.2 Å². The molecule has 4 aromatic rings. The van der Waals surface area contributed by atoms with Crippen LogP contribution in [0.25, 0.3) is 0 Å². The van der Waals surface area contributed by atoms with Crippen molar-refractivity contribution >= 4 is 23.5 Å². The van der Waals surface area contributed by atoms with E-state index >= 15 is 0 Å². The summed E-state index contributed by atoms with van der Waals surface area (Å²) in [5.74, 6) is 1.63. The van der Waals surface area contributed by atoms with Crippen molar-refractivity contribution < 1.29 is 13.9 Å². The van der Waals surface area contributed by atoms with Gasteiger partial charge in [0, 0.05) is 5.02 Å². The van der Waals surface area contributed by atoms with E-state index < -0.39 is 5.91 Å². The number of aromatic nitrogens is 3. The van der Waals surface area contributed by atoms with E-state index in [0.29, 0.717) is 23.2 Å². The molecular weight excluding hydrogens is 440 g/mol. The highest BCUT2D eigenvalue weighted by Crippen LogP contribution is 2.28. The lowest BCUT2D eigenvalue weighted by Gasteiger charge is -2.14. The molecule has 0 bridgehead atoms. The number of carbonyl (C=O) groups excluding carboxylic acids is 1. The first-order valence-corrected chi connectivity index (χ1v) is 11.0. The third-order valence-corrected chi connectivity index (χ3v) is 5.28. The molecule has 33 heavy (non-hydrogen) atoms. The molecule has 2 aromatic carbocycles. The molecule has 0 spiro atoms. The Morgan fingerprint density at radius 3 is 2.82 bits per heavy atom. The maximum atomic E-state index is 12.5. The lowest BCUT2D eigenvalue weighted by Crippen LogP contribution is -2.12. The number of carbonyl (C=O) groups is 1. The predicted molar refractivity (Wildman–Crippen MR) is 127 cm³/mol. The highest BCUT2D eigenvalue weighted by molar-refractivity contribution is 6.30. The van der Waals surface area contributed by atoms with Gasteiger partial charge in [0.1, 0.15) is 24.4 Å².